The van der Waals surface area contributed by atoms with Crippen LogP contribution in [-0.4, -0.2) is 55.0 Å². The summed E-state index contributed by atoms with van der Waals surface area (Å²) in [5.41, 5.74) is 1.08. The molecule has 1 aromatic rings. The Hall–Kier alpha value is -1.40. The standard InChI is InChI=1S/C13H24N4O2/c1-4-11-12(14-5-2)15-10-16-13(11)17(6-8-18)7-9-19-3/h10,18H,4-9H2,1-3H3,(H,14,15,16). The number of hydrogen-bond donors (Lipinski definition) is 2. The van der Waals surface area contributed by atoms with Gasteiger partial charge < -0.3 is 20.1 Å². The van der Waals surface area contributed by atoms with Gasteiger partial charge in [-0.2, -0.15) is 0 Å². The average Bonchev–Trinajstić information content (AvgIpc) is 2.43. The lowest BCUT2D eigenvalue weighted by molar-refractivity contribution is 0.202. The number of aliphatic hydroxyl groups excluding tert-OH is 1. The summed E-state index contributed by atoms with van der Waals surface area (Å²) in [4.78, 5) is 10.7. The van der Waals surface area contributed by atoms with Gasteiger partial charge in [-0.05, 0) is 13.3 Å². The van der Waals surface area contributed by atoms with E-state index in [0.717, 1.165) is 30.2 Å². The van der Waals surface area contributed by atoms with E-state index in [0.29, 0.717) is 19.7 Å². The Kier molecular flexibility index (Phi) is 7.14. The molecule has 1 heterocycles. The highest BCUT2D eigenvalue weighted by molar-refractivity contribution is 5.58. The van der Waals surface area contributed by atoms with Gasteiger partial charge in [0.2, 0.25) is 0 Å². The van der Waals surface area contributed by atoms with Crippen molar-refractivity contribution >= 4 is 11.6 Å². The van der Waals surface area contributed by atoms with Crippen molar-refractivity contribution in [3.8, 4) is 0 Å². The summed E-state index contributed by atoms with van der Waals surface area (Å²) in [6, 6.07) is 0. The van der Waals surface area contributed by atoms with Gasteiger partial charge in [-0.15, -0.1) is 0 Å². The fourth-order valence-electron chi connectivity index (χ4n) is 1.97. The molecular weight excluding hydrogens is 244 g/mol. The minimum absolute atomic E-state index is 0.0907. The monoisotopic (exact) mass is 268 g/mol. The highest BCUT2D eigenvalue weighted by Crippen LogP contribution is 2.23. The highest BCUT2D eigenvalue weighted by Gasteiger charge is 2.15. The molecule has 0 amide bonds. The van der Waals surface area contributed by atoms with E-state index in [1.165, 1.54) is 0 Å². The Morgan fingerprint density at radius 2 is 2.11 bits per heavy atom. The minimum atomic E-state index is 0.0907. The van der Waals surface area contributed by atoms with E-state index in [1.54, 1.807) is 13.4 Å². The molecule has 1 rings (SSSR count). The van der Waals surface area contributed by atoms with Crippen LogP contribution in [-0.2, 0) is 11.2 Å². The first kappa shape index (κ1) is 15.7. The van der Waals surface area contributed by atoms with Crippen LogP contribution in [0.25, 0.3) is 0 Å². The van der Waals surface area contributed by atoms with Gasteiger partial charge in [-0.3, -0.25) is 0 Å². The number of ether oxygens (including phenoxy) is 1. The molecule has 0 radical (unpaired) electrons. The first-order chi connectivity index (χ1) is 9.28. The number of rotatable bonds is 9. The Balaban J connectivity index is 3.02. The van der Waals surface area contributed by atoms with Crippen molar-refractivity contribution in [2.24, 2.45) is 0 Å². The molecule has 19 heavy (non-hydrogen) atoms. The van der Waals surface area contributed by atoms with Crippen LogP contribution in [0.1, 0.15) is 19.4 Å². The van der Waals surface area contributed by atoms with Gasteiger partial charge in [0.05, 0.1) is 13.2 Å². The van der Waals surface area contributed by atoms with Crippen LogP contribution >= 0.6 is 0 Å². The first-order valence-corrected chi connectivity index (χ1v) is 6.70. The van der Waals surface area contributed by atoms with E-state index in [1.807, 2.05) is 11.8 Å². The normalized spacial score (nSPS) is 10.5. The van der Waals surface area contributed by atoms with E-state index in [9.17, 15) is 5.11 Å². The van der Waals surface area contributed by atoms with Crippen LogP contribution in [0.3, 0.4) is 0 Å². The zero-order chi connectivity index (χ0) is 14.1. The summed E-state index contributed by atoms with van der Waals surface area (Å²) >= 11 is 0. The molecule has 0 atom stereocenters. The van der Waals surface area contributed by atoms with E-state index in [-0.39, 0.29) is 6.61 Å². The third-order valence-electron chi connectivity index (χ3n) is 2.86. The molecule has 0 bridgehead atoms. The number of hydrogen-bond acceptors (Lipinski definition) is 6. The van der Waals surface area contributed by atoms with E-state index >= 15 is 0 Å². The molecule has 1 aromatic heterocycles. The van der Waals surface area contributed by atoms with Crippen LogP contribution in [0.5, 0.6) is 0 Å². The number of aromatic nitrogens is 2. The zero-order valence-electron chi connectivity index (χ0n) is 12.0. The molecular formula is C13H24N4O2. The van der Waals surface area contributed by atoms with Crippen molar-refractivity contribution in [1.29, 1.82) is 0 Å². The largest absolute Gasteiger partial charge is 0.395 e. The second kappa shape index (κ2) is 8.66. The zero-order valence-corrected chi connectivity index (χ0v) is 12.0. The lowest BCUT2D eigenvalue weighted by atomic mass is 10.2. The SMILES string of the molecule is CCNc1ncnc(N(CCO)CCOC)c1CC. The molecule has 0 aliphatic carbocycles. The second-order valence-electron chi connectivity index (χ2n) is 4.11. The highest BCUT2D eigenvalue weighted by atomic mass is 16.5. The molecule has 0 spiro atoms. The van der Waals surface area contributed by atoms with Crippen LogP contribution in [0.15, 0.2) is 6.33 Å². The Bertz CT molecular complexity index is 374. The molecule has 0 saturated heterocycles. The van der Waals surface area contributed by atoms with Crippen molar-refractivity contribution in [1.82, 2.24) is 9.97 Å². The molecule has 108 valence electrons. The smallest absolute Gasteiger partial charge is 0.137 e. The van der Waals surface area contributed by atoms with Gasteiger partial charge in [0.1, 0.15) is 18.0 Å². The van der Waals surface area contributed by atoms with Crippen LogP contribution < -0.4 is 10.2 Å². The predicted molar refractivity (Wildman–Crippen MR) is 76.7 cm³/mol. The number of nitrogens with zero attached hydrogens (tertiary/aromatic N) is 3. The maximum absolute atomic E-state index is 9.19. The molecule has 0 fully saturated rings. The second-order valence-corrected chi connectivity index (χ2v) is 4.11. The summed E-state index contributed by atoms with van der Waals surface area (Å²) in [5, 5.41) is 12.4. The first-order valence-electron chi connectivity index (χ1n) is 6.70. The molecule has 2 N–H and O–H groups in total. The van der Waals surface area contributed by atoms with Crippen molar-refractivity contribution in [3.05, 3.63) is 11.9 Å². The van der Waals surface area contributed by atoms with Crippen molar-refractivity contribution in [2.75, 3.05) is 50.2 Å². The molecule has 6 nitrogen and oxygen atoms in total. The lowest BCUT2D eigenvalue weighted by Crippen LogP contribution is -2.32. The molecule has 0 unspecified atom stereocenters. The molecule has 0 saturated carbocycles. The molecule has 0 aliphatic rings. The maximum Gasteiger partial charge on any atom is 0.137 e. The fraction of sp³-hybridized carbons (Fsp3) is 0.692. The van der Waals surface area contributed by atoms with Gasteiger partial charge in [0.25, 0.3) is 0 Å². The molecule has 6 heteroatoms. The maximum atomic E-state index is 9.19. The van der Waals surface area contributed by atoms with Gasteiger partial charge in [0, 0.05) is 32.3 Å². The minimum Gasteiger partial charge on any atom is -0.395 e. The van der Waals surface area contributed by atoms with E-state index in [2.05, 4.69) is 22.2 Å². The number of methoxy groups -OCH3 is 1. The summed E-state index contributed by atoms with van der Waals surface area (Å²) in [6.07, 6.45) is 2.40. The topological polar surface area (TPSA) is 70.5 Å². The van der Waals surface area contributed by atoms with Crippen LogP contribution in [0.2, 0.25) is 0 Å². The predicted octanol–water partition coefficient (Wildman–Crippen LogP) is 0.916. The van der Waals surface area contributed by atoms with Crippen LogP contribution in [0.4, 0.5) is 11.6 Å². The number of nitrogens with one attached hydrogen (secondary N) is 1. The van der Waals surface area contributed by atoms with E-state index in [4.69, 9.17) is 4.74 Å². The van der Waals surface area contributed by atoms with Crippen molar-refractivity contribution < 1.29 is 9.84 Å². The number of anilines is 2. The Morgan fingerprint density at radius 3 is 2.68 bits per heavy atom. The summed E-state index contributed by atoms with van der Waals surface area (Å²) in [5.74, 6) is 1.75. The van der Waals surface area contributed by atoms with Gasteiger partial charge >= 0.3 is 0 Å². The number of aliphatic hydroxyl groups is 1. The third kappa shape index (κ3) is 4.33. The lowest BCUT2D eigenvalue weighted by Gasteiger charge is -2.25. The van der Waals surface area contributed by atoms with Gasteiger partial charge in [-0.25, -0.2) is 9.97 Å². The van der Waals surface area contributed by atoms with Gasteiger partial charge in [0.15, 0.2) is 0 Å². The fourth-order valence-corrected chi connectivity index (χ4v) is 1.97. The Labute approximate surface area is 114 Å². The quantitative estimate of drug-likeness (QED) is 0.694. The van der Waals surface area contributed by atoms with Gasteiger partial charge in [-0.1, -0.05) is 6.92 Å². The van der Waals surface area contributed by atoms with Crippen molar-refractivity contribution in [3.63, 3.8) is 0 Å². The summed E-state index contributed by atoms with van der Waals surface area (Å²) < 4.78 is 5.11. The van der Waals surface area contributed by atoms with Crippen molar-refractivity contribution in [2.45, 2.75) is 20.3 Å². The molecule has 0 aliphatic heterocycles. The summed E-state index contributed by atoms with van der Waals surface area (Å²) in [7, 11) is 1.67. The summed E-state index contributed by atoms with van der Waals surface area (Å²) in [6.45, 7) is 6.87. The Morgan fingerprint density at radius 1 is 1.32 bits per heavy atom. The third-order valence-corrected chi connectivity index (χ3v) is 2.86. The van der Waals surface area contributed by atoms with E-state index < -0.39 is 0 Å². The molecule has 0 aromatic carbocycles. The van der Waals surface area contributed by atoms with Crippen LogP contribution in [0, 0.1) is 0 Å². The average molecular weight is 268 g/mol.